The average molecular weight is 469 g/mol. The number of fused-ring (bicyclic) bond motifs is 6. The van der Waals surface area contributed by atoms with Crippen LogP contribution in [-0.4, -0.2) is 67.3 Å². The number of rotatable bonds is 0. The molecular formula is C24H31F3N2O4. The molecular weight excluding hydrogens is 437 g/mol. The van der Waals surface area contributed by atoms with Gasteiger partial charge in [0.2, 0.25) is 12.1 Å². The number of benzene rings is 1. The van der Waals surface area contributed by atoms with Gasteiger partial charge in [-0.15, -0.1) is 0 Å². The molecule has 1 aromatic carbocycles. The van der Waals surface area contributed by atoms with Crippen LogP contribution >= 0.6 is 0 Å². The Balaban J connectivity index is 1.40. The molecule has 1 aliphatic carbocycles. The van der Waals surface area contributed by atoms with Crippen LogP contribution in [0.3, 0.4) is 0 Å². The maximum absolute atomic E-state index is 13.4. The van der Waals surface area contributed by atoms with Crippen molar-refractivity contribution in [2.45, 2.75) is 81.0 Å². The number of carbonyl (C=O) groups excluding carboxylic acids is 1. The highest BCUT2D eigenvalue weighted by Crippen LogP contribution is 2.41. The Hall–Kier alpha value is -1.84. The van der Waals surface area contributed by atoms with Crippen LogP contribution in [0.5, 0.6) is 5.75 Å². The summed E-state index contributed by atoms with van der Waals surface area (Å²) < 4.78 is 57.6. The van der Waals surface area contributed by atoms with E-state index in [1.54, 1.807) is 4.90 Å². The summed E-state index contributed by atoms with van der Waals surface area (Å²) in [6.07, 6.45) is -1.50. The predicted octanol–water partition coefficient (Wildman–Crippen LogP) is 3.75. The van der Waals surface area contributed by atoms with Crippen LogP contribution in [0.4, 0.5) is 13.2 Å². The van der Waals surface area contributed by atoms with E-state index in [0.29, 0.717) is 25.3 Å². The summed E-state index contributed by atoms with van der Waals surface area (Å²) in [4.78, 5) is 14.9. The lowest BCUT2D eigenvalue weighted by Gasteiger charge is -2.48. The minimum Gasteiger partial charge on any atom is -0.493 e. The van der Waals surface area contributed by atoms with Gasteiger partial charge in [0.25, 0.3) is 0 Å². The molecule has 4 heterocycles. The Morgan fingerprint density at radius 2 is 1.88 bits per heavy atom. The number of nitrogens with zero attached hydrogens (tertiary/aromatic N) is 1. The van der Waals surface area contributed by atoms with Crippen molar-refractivity contribution < 1.29 is 32.2 Å². The number of alkyl halides is 3. The highest BCUT2D eigenvalue weighted by molar-refractivity contribution is 5.77. The van der Waals surface area contributed by atoms with E-state index in [9.17, 15) is 18.0 Å². The molecule has 0 radical (unpaired) electrons. The van der Waals surface area contributed by atoms with Crippen LogP contribution in [0.25, 0.3) is 0 Å². The minimum atomic E-state index is -4.50. The van der Waals surface area contributed by atoms with E-state index in [1.807, 2.05) is 18.2 Å². The molecule has 1 spiro atoms. The number of hydrogen-bond acceptors (Lipinski definition) is 5. The lowest BCUT2D eigenvalue weighted by molar-refractivity contribution is -0.212. The van der Waals surface area contributed by atoms with E-state index >= 15 is 0 Å². The zero-order valence-corrected chi connectivity index (χ0v) is 18.6. The van der Waals surface area contributed by atoms with Gasteiger partial charge in [0, 0.05) is 6.54 Å². The van der Waals surface area contributed by atoms with Gasteiger partial charge in [-0.3, -0.25) is 10.1 Å². The van der Waals surface area contributed by atoms with E-state index < -0.39 is 24.0 Å². The van der Waals surface area contributed by atoms with Crippen LogP contribution in [0.1, 0.15) is 56.4 Å². The molecule has 1 saturated carbocycles. The molecule has 2 saturated heterocycles. The first kappa shape index (κ1) is 22.9. The summed E-state index contributed by atoms with van der Waals surface area (Å²) in [5.41, 5.74) is 0.219. The zero-order valence-electron chi connectivity index (χ0n) is 18.6. The third kappa shape index (κ3) is 4.59. The first-order valence-corrected chi connectivity index (χ1v) is 11.9. The molecule has 2 bridgehead atoms. The number of piperidine rings is 1. The van der Waals surface area contributed by atoms with E-state index in [-0.39, 0.29) is 38.3 Å². The third-order valence-corrected chi connectivity index (χ3v) is 7.68. The second-order valence-corrected chi connectivity index (χ2v) is 9.68. The molecule has 1 N–H and O–H groups in total. The van der Waals surface area contributed by atoms with Crippen LogP contribution in [-0.2, 0) is 14.3 Å². The molecule has 1 aromatic rings. The van der Waals surface area contributed by atoms with Gasteiger partial charge >= 0.3 is 6.18 Å². The van der Waals surface area contributed by atoms with Gasteiger partial charge in [-0.05, 0) is 56.1 Å². The number of ether oxygens (including phenoxy) is 3. The first-order chi connectivity index (χ1) is 15.9. The van der Waals surface area contributed by atoms with Gasteiger partial charge in [0.05, 0.1) is 43.9 Å². The van der Waals surface area contributed by atoms with Crippen LogP contribution < -0.4 is 10.1 Å². The van der Waals surface area contributed by atoms with Gasteiger partial charge in [0.15, 0.2) is 0 Å². The highest BCUT2D eigenvalue weighted by Gasteiger charge is 2.57. The topological polar surface area (TPSA) is 60.0 Å². The Morgan fingerprint density at radius 1 is 1.09 bits per heavy atom. The molecule has 6 nitrogen and oxygen atoms in total. The quantitative estimate of drug-likeness (QED) is 0.629. The van der Waals surface area contributed by atoms with Crippen molar-refractivity contribution in [1.29, 1.82) is 0 Å². The molecule has 9 heteroatoms. The second kappa shape index (κ2) is 9.07. The lowest BCUT2D eigenvalue weighted by Crippen LogP contribution is -2.67. The van der Waals surface area contributed by atoms with E-state index in [1.165, 1.54) is 5.56 Å². The molecule has 182 valence electrons. The molecule has 1 amide bonds. The summed E-state index contributed by atoms with van der Waals surface area (Å²) in [7, 11) is 0. The minimum absolute atomic E-state index is 0.0361. The van der Waals surface area contributed by atoms with Crippen molar-refractivity contribution in [3.63, 3.8) is 0 Å². The van der Waals surface area contributed by atoms with Crippen molar-refractivity contribution in [3.8, 4) is 5.75 Å². The van der Waals surface area contributed by atoms with Gasteiger partial charge in [0.1, 0.15) is 5.75 Å². The van der Waals surface area contributed by atoms with Crippen molar-refractivity contribution in [1.82, 2.24) is 10.2 Å². The summed E-state index contributed by atoms with van der Waals surface area (Å²) in [5, 5.41) is 2.70. The monoisotopic (exact) mass is 468 g/mol. The molecule has 33 heavy (non-hydrogen) atoms. The molecule has 3 fully saturated rings. The predicted molar refractivity (Wildman–Crippen MR) is 114 cm³/mol. The summed E-state index contributed by atoms with van der Waals surface area (Å²) >= 11 is 0. The van der Waals surface area contributed by atoms with Gasteiger partial charge < -0.3 is 19.1 Å². The Labute approximate surface area is 191 Å². The van der Waals surface area contributed by atoms with Crippen molar-refractivity contribution >= 4 is 5.91 Å². The number of nitrogens with one attached hydrogen (secondary N) is 1. The summed E-state index contributed by atoms with van der Waals surface area (Å²) in [6, 6.07) is 7.48. The van der Waals surface area contributed by atoms with E-state index in [0.717, 1.165) is 31.4 Å². The average Bonchev–Trinajstić information content (AvgIpc) is 3.23. The normalized spacial score (nSPS) is 35.6. The molecule has 0 aromatic heterocycles. The number of amides is 1. The van der Waals surface area contributed by atoms with E-state index in [4.69, 9.17) is 14.2 Å². The molecule has 3 unspecified atom stereocenters. The van der Waals surface area contributed by atoms with Crippen molar-refractivity contribution in [3.05, 3.63) is 29.8 Å². The van der Waals surface area contributed by atoms with Crippen LogP contribution in [0.15, 0.2) is 24.3 Å². The molecule has 5 aliphatic rings. The smallest absolute Gasteiger partial charge is 0.428 e. The highest BCUT2D eigenvalue weighted by atomic mass is 19.4. The van der Waals surface area contributed by atoms with Crippen molar-refractivity contribution in [2.24, 2.45) is 0 Å². The van der Waals surface area contributed by atoms with Crippen LogP contribution in [0.2, 0.25) is 0 Å². The maximum Gasteiger partial charge on any atom is 0.428 e. The van der Waals surface area contributed by atoms with Gasteiger partial charge in [-0.2, -0.15) is 13.2 Å². The fourth-order valence-corrected chi connectivity index (χ4v) is 5.93. The van der Waals surface area contributed by atoms with Gasteiger partial charge in [-0.1, -0.05) is 18.2 Å². The van der Waals surface area contributed by atoms with E-state index in [2.05, 4.69) is 11.4 Å². The van der Waals surface area contributed by atoms with Gasteiger partial charge in [-0.25, -0.2) is 0 Å². The fraction of sp³-hybridized carbons (Fsp3) is 0.708. The Morgan fingerprint density at radius 3 is 2.64 bits per heavy atom. The number of para-hydroxylation sites is 1. The van der Waals surface area contributed by atoms with Crippen LogP contribution in [0, 0.1) is 0 Å². The number of hydrogen-bond donors (Lipinski definition) is 1. The fourth-order valence-electron chi connectivity index (χ4n) is 5.93. The third-order valence-electron chi connectivity index (χ3n) is 7.68. The summed E-state index contributed by atoms with van der Waals surface area (Å²) in [5.74, 6) is 1.08. The lowest BCUT2D eigenvalue weighted by atomic mass is 9.81. The Kier molecular flexibility index (Phi) is 6.30. The molecule has 4 aliphatic heterocycles. The standard InChI is InChI=1S/C24H31F3N2O4/c25-24(26,27)22-28-23(15-33-22)11-3-12-29-20(23)14-32-17-8-6-16(7-9-17)18-4-1-2-5-19(18)31-13-10-21(29)30/h1-2,4-5,16-17,20,22,28H,3,6-15H2. The molecule has 6 rings (SSSR count). The Bertz CT molecular complexity index is 858. The van der Waals surface area contributed by atoms with Crippen molar-refractivity contribution in [2.75, 3.05) is 26.4 Å². The maximum atomic E-state index is 13.4. The first-order valence-electron chi connectivity index (χ1n) is 11.9. The zero-order chi connectivity index (χ0) is 23.1. The SMILES string of the molecule is O=C1CCOc2ccccc2C2CCC(CC2)OCC2N1CCCC21COC(C(F)(F)F)N1. The largest absolute Gasteiger partial charge is 0.493 e. The second-order valence-electron chi connectivity index (χ2n) is 9.68. The number of carbonyl (C=O) groups is 1. The molecule has 3 atom stereocenters. The summed E-state index contributed by atoms with van der Waals surface area (Å²) in [6.45, 7) is 0.846. The number of halogens is 3.